The van der Waals surface area contributed by atoms with Crippen LogP contribution in [0.1, 0.15) is 24.2 Å². The van der Waals surface area contributed by atoms with Gasteiger partial charge in [0.05, 0.1) is 6.10 Å². The molecule has 1 fully saturated rings. The number of nitrogens with zero attached hydrogens (tertiary/aromatic N) is 2. The van der Waals surface area contributed by atoms with Gasteiger partial charge < -0.3 is 10.1 Å². The molecular formula is C16H16F3N3O3S. The van der Waals surface area contributed by atoms with Crippen LogP contribution in [0.2, 0.25) is 0 Å². The van der Waals surface area contributed by atoms with E-state index in [1.807, 2.05) is 13.8 Å². The van der Waals surface area contributed by atoms with Crippen molar-refractivity contribution in [1.82, 2.24) is 10.2 Å². The van der Waals surface area contributed by atoms with Gasteiger partial charge in [-0.2, -0.15) is 13.2 Å². The van der Waals surface area contributed by atoms with Gasteiger partial charge in [0, 0.05) is 17.9 Å². The molecule has 3 rings (SSSR count). The minimum Gasteiger partial charge on any atom is -0.491 e. The standard InChI is InChI=1S/C16H16F3N3O3S/c1-9(2)25-11-5-3-10(4-6-11)12(23)20-15(16(17,18)19)13(24)22-7-8-26-14(22)21-15/h3-6,9H,7-8H2,1-2H3,(H,20,23)/t15-/m0/s1. The SMILES string of the molecule is CC(C)Oc1ccc(C(=O)N[C@]2(C(F)(F)F)N=C3SCCN3C2=O)cc1. The zero-order valence-corrected chi connectivity index (χ0v) is 14.8. The monoisotopic (exact) mass is 387 g/mol. The number of hydrogen-bond donors (Lipinski definition) is 1. The Morgan fingerprint density at radius 3 is 2.54 bits per heavy atom. The van der Waals surface area contributed by atoms with Crippen LogP contribution in [-0.4, -0.2) is 52.1 Å². The predicted octanol–water partition coefficient (Wildman–Crippen LogP) is 2.41. The van der Waals surface area contributed by atoms with Gasteiger partial charge >= 0.3 is 11.8 Å². The zero-order chi connectivity index (χ0) is 19.1. The average molecular weight is 387 g/mol. The van der Waals surface area contributed by atoms with E-state index in [1.165, 1.54) is 24.3 Å². The molecule has 2 aliphatic rings. The van der Waals surface area contributed by atoms with Gasteiger partial charge in [-0.25, -0.2) is 4.99 Å². The lowest BCUT2D eigenvalue weighted by molar-refractivity contribution is -0.196. The Hall–Kier alpha value is -2.23. The number of thioether (sulfide) groups is 1. The highest BCUT2D eigenvalue weighted by Gasteiger charge is 2.67. The van der Waals surface area contributed by atoms with Crippen LogP contribution in [0.25, 0.3) is 0 Å². The second-order valence-corrected chi connectivity index (χ2v) is 7.11. The van der Waals surface area contributed by atoms with Gasteiger partial charge in [0.1, 0.15) is 5.75 Å². The molecule has 140 valence electrons. The van der Waals surface area contributed by atoms with E-state index >= 15 is 0 Å². The molecule has 2 aliphatic heterocycles. The van der Waals surface area contributed by atoms with Crippen LogP contribution in [0.15, 0.2) is 29.3 Å². The van der Waals surface area contributed by atoms with E-state index in [0.29, 0.717) is 11.5 Å². The Balaban J connectivity index is 1.86. The molecule has 0 spiro atoms. The first kappa shape index (κ1) is 18.6. The number of ether oxygens (including phenoxy) is 1. The number of halogens is 3. The maximum Gasteiger partial charge on any atom is 0.442 e. The number of amidine groups is 1. The van der Waals surface area contributed by atoms with E-state index in [2.05, 4.69) is 4.99 Å². The Morgan fingerprint density at radius 1 is 1.35 bits per heavy atom. The van der Waals surface area contributed by atoms with E-state index in [4.69, 9.17) is 4.74 Å². The fraction of sp³-hybridized carbons (Fsp3) is 0.438. The van der Waals surface area contributed by atoms with E-state index < -0.39 is 23.7 Å². The van der Waals surface area contributed by atoms with Gasteiger partial charge in [0.2, 0.25) is 0 Å². The number of nitrogens with one attached hydrogen (secondary N) is 1. The largest absolute Gasteiger partial charge is 0.491 e. The smallest absolute Gasteiger partial charge is 0.442 e. The van der Waals surface area contributed by atoms with Crippen LogP contribution in [0.3, 0.4) is 0 Å². The van der Waals surface area contributed by atoms with E-state index in [-0.39, 0.29) is 23.4 Å². The summed E-state index contributed by atoms with van der Waals surface area (Å²) in [6, 6.07) is 5.62. The highest BCUT2D eigenvalue weighted by molar-refractivity contribution is 8.14. The summed E-state index contributed by atoms with van der Waals surface area (Å²) in [6.07, 6.45) is -5.14. The van der Waals surface area contributed by atoms with Gasteiger partial charge in [-0.3, -0.25) is 14.5 Å². The minimum absolute atomic E-state index is 0.0201. The molecule has 0 saturated carbocycles. The molecular weight excluding hydrogens is 371 g/mol. The number of amides is 2. The van der Waals surface area contributed by atoms with E-state index in [1.54, 1.807) is 5.32 Å². The van der Waals surface area contributed by atoms with Gasteiger partial charge in [-0.05, 0) is 38.1 Å². The number of alkyl halides is 3. The van der Waals surface area contributed by atoms with Crippen molar-refractivity contribution in [2.75, 3.05) is 12.3 Å². The lowest BCUT2D eigenvalue weighted by Gasteiger charge is -2.28. The summed E-state index contributed by atoms with van der Waals surface area (Å²) in [7, 11) is 0. The Labute approximate surface area is 151 Å². The van der Waals surface area contributed by atoms with E-state index in [0.717, 1.165) is 16.7 Å². The molecule has 1 N–H and O–H groups in total. The van der Waals surface area contributed by atoms with E-state index in [9.17, 15) is 22.8 Å². The number of hydrogen-bond acceptors (Lipinski definition) is 5. The lowest BCUT2D eigenvalue weighted by Crippen LogP contribution is -2.63. The minimum atomic E-state index is -5.06. The number of carbonyl (C=O) groups excluding carboxylic acids is 2. The third-order valence-corrected chi connectivity index (χ3v) is 4.74. The molecule has 0 radical (unpaired) electrons. The fourth-order valence-corrected chi connectivity index (χ4v) is 3.59. The first-order chi connectivity index (χ1) is 12.1. The van der Waals surface area contributed by atoms with Gasteiger partial charge in [-0.15, -0.1) is 0 Å². The molecule has 1 aromatic carbocycles. The van der Waals surface area contributed by atoms with Crippen molar-refractivity contribution in [3.63, 3.8) is 0 Å². The van der Waals surface area contributed by atoms with Crippen molar-refractivity contribution in [3.8, 4) is 5.75 Å². The zero-order valence-electron chi connectivity index (χ0n) is 14.0. The lowest BCUT2D eigenvalue weighted by atomic mass is 10.1. The Morgan fingerprint density at radius 2 is 2.00 bits per heavy atom. The molecule has 2 amide bonds. The summed E-state index contributed by atoms with van der Waals surface area (Å²) < 4.78 is 46.4. The third-order valence-electron chi connectivity index (χ3n) is 3.79. The first-order valence-electron chi connectivity index (χ1n) is 7.84. The normalized spacial score (nSPS) is 22.5. The van der Waals surface area contributed by atoms with Crippen LogP contribution in [0, 0.1) is 0 Å². The number of carbonyl (C=O) groups is 2. The second kappa shape index (κ2) is 6.49. The molecule has 1 saturated heterocycles. The molecule has 0 aromatic heterocycles. The number of fused-ring (bicyclic) bond motifs is 1. The summed E-state index contributed by atoms with van der Waals surface area (Å²) >= 11 is 1.05. The molecule has 0 bridgehead atoms. The molecule has 2 heterocycles. The maximum atomic E-state index is 13.7. The van der Waals surface area contributed by atoms with Crippen LogP contribution >= 0.6 is 11.8 Å². The topological polar surface area (TPSA) is 71.0 Å². The average Bonchev–Trinajstić information content (AvgIpc) is 3.09. The molecule has 6 nitrogen and oxygen atoms in total. The van der Waals surface area contributed by atoms with Crippen molar-refractivity contribution < 1.29 is 27.5 Å². The molecule has 1 aromatic rings. The summed E-state index contributed by atoms with van der Waals surface area (Å²) in [6.45, 7) is 3.78. The fourth-order valence-electron chi connectivity index (χ4n) is 2.60. The summed E-state index contributed by atoms with van der Waals surface area (Å²) in [5, 5.41) is 1.77. The van der Waals surface area contributed by atoms with Gasteiger partial charge in [0.25, 0.3) is 11.8 Å². The van der Waals surface area contributed by atoms with Crippen molar-refractivity contribution in [1.29, 1.82) is 0 Å². The highest BCUT2D eigenvalue weighted by atomic mass is 32.2. The Bertz CT molecular complexity index is 764. The second-order valence-electron chi connectivity index (χ2n) is 6.05. The summed E-state index contributed by atoms with van der Waals surface area (Å²) in [4.78, 5) is 29.2. The summed E-state index contributed by atoms with van der Waals surface area (Å²) in [5.74, 6) is -1.36. The van der Waals surface area contributed by atoms with Gasteiger partial charge in [0.15, 0.2) is 5.17 Å². The molecule has 0 unspecified atom stereocenters. The Kier molecular flexibility index (Phi) is 4.63. The van der Waals surface area contributed by atoms with Crippen LogP contribution in [0.4, 0.5) is 13.2 Å². The number of rotatable bonds is 4. The van der Waals surface area contributed by atoms with Crippen LogP contribution in [0.5, 0.6) is 5.75 Å². The summed E-state index contributed by atoms with van der Waals surface area (Å²) in [5.41, 5.74) is -3.31. The predicted molar refractivity (Wildman–Crippen MR) is 90.1 cm³/mol. The molecule has 10 heteroatoms. The first-order valence-corrected chi connectivity index (χ1v) is 8.83. The third kappa shape index (κ3) is 3.13. The quantitative estimate of drug-likeness (QED) is 0.861. The highest BCUT2D eigenvalue weighted by Crippen LogP contribution is 2.41. The number of benzene rings is 1. The van der Waals surface area contributed by atoms with Crippen molar-refractivity contribution >= 4 is 28.7 Å². The van der Waals surface area contributed by atoms with Gasteiger partial charge in [-0.1, -0.05) is 11.8 Å². The van der Waals surface area contributed by atoms with Crippen LogP contribution < -0.4 is 10.1 Å². The maximum absolute atomic E-state index is 13.7. The van der Waals surface area contributed by atoms with Crippen molar-refractivity contribution in [3.05, 3.63) is 29.8 Å². The van der Waals surface area contributed by atoms with Crippen molar-refractivity contribution in [2.24, 2.45) is 4.99 Å². The van der Waals surface area contributed by atoms with Crippen LogP contribution in [-0.2, 0) is 4.79 Å². The molecule has 1 atom stereocenters. The van der Waals surface area contributed by atoms with Crippen molar-refractivity contribution in [2.45, 2.75) is 31.8 Å². The molecule has 26 heavy (non-hydrogen) atoms. The molecule has 0 aliphatic carbocycles. The number of aliphatic imine (C=N–C) groups is 1.